The average molecular weight is 237 g/mol. The van der Waals surface area contributed by atoms with Crippen LogP contribution in [0.1, 0.15) is 13.3 Å². The second kappa shape index (κ2) is 5.54. The van der Waals surface area contributed by atoms with Crippen LogP contribution in [-0.2, 0) is 14.3 Å². The molecule has 1 saturated heterocycles. The van der Waals surface area contributed by atoms with Gasteiger partial charge in [0.15, 0.2) is 0 Å². The Labute approximate surface area is 93.3 Å². The molecule has 1 fully saturated rings. The van der Waals surface area contributed by atoms with Crippen LogP contribution in [0.4, 0.5) is 8.78 Å². The van der Waals surface area contributed by atoms with E-state index >= 15 is 0 Å². The molecule has 0 amide bonds. The van der Waals surface area contributed by atoms with Gasteiger partial charge in [-0.25, -0.2) is 4.79 Å². The van der Waals surface area contributed by atoms with E-state index in [9.17, 15) is 13.6 Å². The van der Waals surface area contributed by atoms with Gasteiger partial charge in [-0.05, 0) is 5.92 Å². The number of ether oxygens (including phenoxy) is 2. The third kappa shape index (κ3) is 3.68. The fourth-order valence-electron chi connectivity index (χ4n) is 1.60. The Morgan fingerprint density at radius 1 is 1.69 bits per heavy atom. The van der Waals surface area contributed by atoms with E-state index < -0.39 is 24.4 Å². The molecule has 0 aromatic rings. The van der Waals surface area contributed by atoms with E-state index in [1.807, 2.05) is 6.92 Å². The number of halogens is 2. The summed E-state index contributed by atoms with van der Waals surface area (Å²) in [7, 11) is 1.61. The molecule has 0 spiro atoms. The second-order valence-corrected chi connectivity index (χ2v) is 4.15. The molecule has 0 aliphatic carbocycles. The molecule has 0 aromatic heterocycles. The minimum absolute atomic E-state index is 0.259. The van der Waals surface area contributed by atoms with Gasteiger partial charge in [0, 0.05) is 26.8 Å². The number of alkyl halides is 2. The summed E-state index contributed by atoms with van der Waals surface area (Å²) in [5.41, 5.74) is 0. The molecule has 1 aliphatic heterocycles. The van der Waals surface area contributed by atoms with Crippen LogP contribution < -0.4 is 5.32 Å². The summed E-state index contributed by atoms with van der Waals surface area (Å²) in [6.45, 7) is 3.49. The van der Waals surface area contributed by atoms with Gasteiger partial charge in [-0.2, -0.15) is 8.78 Å². The topological polar surface area (TPSA) is 47.6 Å². The predicted octanol–water partition coefficient (Wildman–Crippen LogP) is 0.809. The van der Waals surface area contributed by atoms with Crippen LogP contribution in [0.5, 0.6) is 0 Å². The molecule has 1 rings (SSSR count). The number of cyclic esters (lactones) is 1. The molecule has 0 saturated carbocycles. The van der Waals surface area contributed by atoms with E-state index in [2.05, 4.69) is 10.1 Å². The molecule has 4 nitrogen and oxygen atoms in total. The summed E-state index contributed by atoms with van der Waals surface area (Å²) >= 11 is 0. The third-order valence-corrected chi connectivity index (χ3v) is 2.37. The number of carbonyl (C=O) groups excluding carboxylic acids is 1. The van der Waals surface area contributed by atoms with Crippen molar-refractivity contribution < 1.29 is 23.0 Å². The monoisotopic (exact) mass is 237 g/mol. The van der Waals surface area contributed by atoms with Crippen LogP contribution in [0, 0.1) is 5.92 Å². The van der Waals surface area contributed by atoms with Crippen LogP contribution >= 0.6 is 0 Å². The molecule has 0 radical (unpaired) electrons. The van der Waals surface area contributed by atoms with E-state index in [1.54, 1.807) is 7.11 Å². The summed E-state index contributed by atoms with van der Waals surface area (Å²) in [4.78, 5) is 10.7. The molecule has 1 N–H and O–H groups in total. The quantitative estimate of drug-likeness (QED) is 0.694. The van der Waals surface area contributed by atoms with Crippen molar-refractivity contribution in [1.29, 1.82) is 0 Å². The smallest absolute Gasteiger partial charge is 0.377 e. The molecule has 0 bridgehead atoms. The highest BCUT2D eigenvalue weighted by Gasteiger charge is 2.50. The number of nitrogens with one attached hydrogen (secondary N) is 1. The highest BCUT2D eigenvalue weighted by molar-refractivity contribution is 5.79. The van der Waals surface area contributed by atoms with Crippen molar-refractivity contribution in [2.75, 3.05) is 26.8 Å². The van der Waals surface area contributed by atoms with Gasteiger partial charge >= 0.3 is 11.9 Å². The van der Waals surface area contributed by atoms with Gasteiger partial charge < -0.3 is 14.8 Å². The van der Waals surface area contributed by atoms with Crippen LogP contribution in [0.15, 0.2) is 0 Å². The summed E-state index contributed by atoms with van der Waals surface area (Å²) < 4.78 is 35.0. The van der Waals surface area contributed by atoms with E-state index in [0.29, 0.717) is 19.1 Å². The van der Waals surface area contributed by atoms with Crippen molar-refractivity contribution in [3.63, 3.8) is 0 Å². The van der Waals surface area contributed by atoms with Crippen molar-refractivity contribution in [2.45, 2.75) is 25.4 Å². The van der Waals surface area contributed by atoms with Crippen LogP contribution in [0.3, 0.4) is 0 Å². The van der Waals surface area contributed by atoms with Gasteiger partial charge in [-0.15, -0.1) is 0 Å². The van der Waals surface area contributed by atoms with E-state index in [1.165, 1.54) is 0 Å². The van der Waals surface area contributed by atoms with Crippen molar-refractivity contribution >= 4 is 5.97 Å². The van der Waals surface area contributed by atoms with E-state index in [-0.39, 0.29) is 6.54 Å². The Kier molecular flexibility index (Phi) is 4.61. The Bertz CT molecular complexity index is 248. The summed E-state index contributed by atoms with van der Waals surface area (Å²) in [6.07, 6.45) is -1.26. The van der Waals surface area contributed by atoms with Crippen molar-refractivity contribution in [3.8, 4) is 0 Å². The van der Waals surface area contributed by atoms with Gasteiger partial charge in [0.2, 0.25) is 0 Å². The minimum Gasteiger partial charge on any atom is -0.456 e. The van der Waals surface area contributed by atoms with Crippen molar-refractivity contribution in [1.82, 2.24) is 5.32 Å². The van der Waals surface area contributed by atoms with Gasteiger partial charge in [0.05, 0.1) is 6.42 Å². The van der Waals surface area contributed by atoms with E-state index in [4.69, 9.17) is 4.74 Å². The number of hydrogen-bond donors (Lipinski definition) is 1. The molecule has 1 aliphatic rings. The molecular weight excluding hydrogens is 220 g/mol. The molecule has 2 unspecified atom stereocenters. The summed E-state index contributed by atoms with van der Waals surface area (Å²) in [5, 5.41) is 2.98. The van der Waals surface area contributed by atoms with Crippen molar-refractivity contribution in [2.24, 2.45) is 5.92 Å². The van der Waals surface area contributed by atoms with Crippen LogP contribution in [-0.4, -0.2) is 44.8 Å². The Morgan fingerprint density at radius 3 is 2.88 bits per heavy atom. The summed E-state index contributed by atoms with van der Waals surface area (Å²) in [6, 6.07) is 0. The highest BCUT2D eigenvalue weighted by Crippen LogP contribution is 2.30. The molecule has 16 heavy (non-hydrogen) atoms. The Balaban J connectivity index is 2.18. The number of carbonyl (C=O) groups is 1. The fraction of sp³-hybridized carbons (Fsp3) is 0.900. The standard InChI is InChI=1S/C10H17F2NO3/c1-7(6-15-2)4-13-5-8-3-10(11,12)9(14)16-8/h7-8,13H,3-6H2,1-2H3. The number of methoxy groups -OCH3 is 1. The zero-order valence-electron chi connectivity index (χ0n) is 9.46. The molecule has 6 heteroatoms. The molecule has 2 atom stereocenters. The van der Waals surface area contributed by atoms with Gasteiger partial charge in [-0.3, -0.25) is 0 Å². The number of hydrogen-bond acceptors (Lipinski definition) is 4. The van der Waals surface area contributed by atoms with Crippen LogP contribution in [0.2, 0.25) is 0 Å². The lowest BCUT2D eigenvalue weighted by molar-refractivity contribution is -0.159. The largest absolute Gasteiger partial charge is 0.456 e. The maximum atomic E-state index is 12.8. The zero-order valence-corrected chi connectivity index (χ0v) is 9.46. The second-order valence-electron chi connectivity index (χ2n) is 4.15. The van der Waals surface area contributed by atoms with Crippen LogP contribution in [0.25, 0.3) is 0 Å². The normalized spacial score (nSPS) is 25.5. The number of rotatable bonds is 6. The molecular formula is C10H17F2NO3. The fourth-order valence-corrected chi connectivity index (χ4v) is 1.60. The lowest BCUT2D eigenvalue weighted by Gasteiger charge is -2.13. The first kappa shape index (κ1) is 13.3. The Morgan fingerprint density at radius 2 is 2.38 bits per heavy atom. The zero-order chi connectivity index (χ0) is 12.2. The molecule has 0 aromatic carbocycles. The predicted molar refractivity (Wildman–Crippen MR) is 53.4 cm³/mol. The summed E-state index contributed by atoms with van der Waals surface area (Å²) in [5.74, 6) is -4.43. The maximum Gasteiger partial charge on any atom is 0.377 e. The van der Waals surface area contributed by atoms with E-state index in [0.717, 1.165) is 0 Å². The maximum absolute atomic E-state index is 12.8. The lowest BCUT2D eigenvalue weighted by Crippen LogP contribution is -2.31. The van der Waals surface area contributed by atoms with Gasteiger partial charge in [0.1, 0.15) is 6.10 Å². The molecule has 1 heterocycles. The Hall–Kier alpha value is -0.750. The van der Waals surface area contributed by atoms with Gasteiger partial charge in [-0.1, -0.05) is 6.92 Å². The lowest BCUT2D eigenvalue weighted by atomic mass is 10.1. The minimum atomic E-state index is -3.31. The van der Waals surface area contributed by atoms with Crippen molar-refractivity contribution in [3.05, 3.63) is 0 Å². The average Bonchev–Trinajstić information content (AvgIpc) is 2.41. The first-order valence-corrected chi connectivity index (χ1v) is 5.24. The first-order valence-electron chi connectivity index (χ1n) is 5.24. The van der Waals surface area contributed by atoms with Gasteiger partial charge in [0.25, 0.3) is 0 Å². The highest BCUT2D eigenvalue weighted by atomic mass is 19.3. The third-order valence-electron chi connectivity index (χ3n) is 2.37. The number of esters is 1. The molecule has 94 valence electrons. The SMILES string of the molecule is COCC(C)CNCC1CC(F)(F)C(=O)O1. The first-order chi connectivity index (χ1) is 7.45.